The molecule has 66 valence electrons. The number of rotatable bonds is 1. The second kappa shape index (κ2) is 3.49. The van der Waals surface area contributed by atoms with Crippen LogP contribution in [0, 0.1) is 13.8 Å². The average Bonchev–Trinajstić information content (AvgIpc) is 1.96. The van der Waals surface area contributed by atoms with Crippen LogP contribution in [0.15, 0.2) is 12.1 Å². The van der Waals surface area contributed by atoms with Crippen molar-refractivity contribution in [2.24, 2.45) is 0 Å². The fraction of sp³-hybridized carbons (Fsp3) is 0.455. The van der Waals surface area contributed by atoms with E-state index >= 15 is 0 Å². The lowest BCUT2D eigenvalue weighted by Crippen LogP contribution is -1.93. The van der Waals surface area contributed by atoms with E-state index in [1.54, 1.807) is 0 Å². The van der Waals surface area contributed by atoms with Crippen molar-refractivity contribution in [1.29, 1.82) is 0 Å². The number of halogens is 1. The third kappa shape index (κ3) is 1.81. The Morgan fingerprint density at radius 2 is 1.75 bits per heavy atom. The number of hydrogen-bond donors (Lipinski definition) is 0. The summed E-state index contributed by atoms with van der Waals surface area (Å²) < 4.78 is 0. The molecular formula is C11H15Cl. The van der Waals surface area contributed by atoms with Crippen LogP contribution in [0.25, 0.3) is 0 Å². The first-order chi connectivity index (χ1) is 5.52. The summed E-state index contributed by atoms with van der Waals surface area (Å²) in [5.74, 6) is 0.558. The molecule has 0 aliphatic rings. The van der Waals surface area contributed by atoms with Gasteiger partial charge in [0, 0.05) is 5.02 Å². The summed E-state index contributed by atoms with van der Waals surface area (Å²) in [5, 5.41) is 0.888. The van der Waals surface area contributed by atoms with Crippen molar-refractivity contribution in [3.8, 4) is 0 Å². The summed E-state index contributed by atoms with van der Waals surface area (Å²) in [6.07, 6.45) is 0. The average molecular weight is 183 g/mol. The first-order valence-corrected chi connectivity index (χ1v) is 4.67. The van der Waals surface area contributed by atoms with Gasteiger partial charge in [-0.05, 0) is 42.5 Å². The van der Waals surface area contributed by atoms with Crippen LogP contribution in [0.5, 0.6) is 0 Å². The molecule has 0 saturated carbocycles. The zero-order valence-electron chi connectivity index (χ0n) is 8.11. The van der Waals surface area contributed by atoms with Gasteiger partial charge in [-0.1, -0.05) is 31.5 Å². The molecule has 1 aromatic carbocycles. The zero-order valence-corrected chi connectivity index (χ0v) is 8.87. The third-order valence-electron chi connectivity index (χ3n) is 2.15. The summed E-state index contributed by atoms with van der Waals surface area (Å²) in [7, 11) is 0. The number of aryl methyl sites for hydroxylation is 1. The Morgan fingerprint density at radius 3 is 2.25 bits per heavy atom. The first kappa shape index (κ1) is 9.60. The van der Waals surface area contributed by atoms with E-state index in [4.69, 9.17) is 11.6 Å². The van der Waals surface area contributed by atoms with Gasteiger partial charge in [-0.3, -0.25) is 0 Å². The minimum absolute atomic E-state index is 0.558. The summed E-state index contributed by atoms with van der Waals surface area (Å²) in [4.78, 5) is 0. The predicted octanol–water partition coefficient (Wildman–Crippen LogP) is 4.08. The molecule has 0 unspecified atom stereocenters. The molecule has 1 aromatic rings. The molecule has 0 N–H and O–H groups in total. The van der Waals surface area contributed by atoms with E-state index in [1.807, 2.05) is 6.07 Å². The van der Waals surface area contributed by atoms with Crippen molar-refractivity contribution in [2.45, 2.75) is 33.6 Å². The van der Waals surface area contributed by atoms with Crippen LogP contribution in [-0.4, -0.2) is 0 Å². The molecule has 0 heterocycles. The van der Waals surface area contributed by atoms with E-state index in [0.717, 1.165) is 5.02 Å². The van der Waals surface area contributed by atoms with Gasteiger partial charge in [-0.25, -0.2) is 0 Å². The summed E-state index contributed by atoms with van der Waals surface area (Å²) in [6, 6.07) is 4.23. The van der Waals surface area contributed by atoms with E-state index in [1.165, 1.54) is 16.7 Å². The van der Waals surface area contributed by atoms with Crippen LogP contribution < -0.4 is 0 Å². The smallest absolute Gasteiger partial charge is 0.0440 e. The van der Waals surface area contributed by atoms with Crippen LogP contribution in [0.4, 0.5) is 0 Å². The SMILES string of the molecule is Cc1cc(Cl)c(C)c(C(C)C)c1. The Labute approximate surface area is 79.6 Å². The molecule has 12 heavy (non-hydrogen) atoms. The van der Waals surface area contributed by atoms with Gasteiger partial charge in [0.2, 0.25) is 0 Å². The molecule has 0 aromatic heterocycles. The van der Waals surface area contributed by atoms with Gasteiger partial charge >= 0.3 is 0 Å². The fourth-order valence-corrected chi connectivity index (χ4v) is 1.72. The molecule has 0 radical (unpaired) electrons. The van der Waals surface area contributed by atoms with Gasteiger partial charge in [0.25, 0.3) is 0 Å². The first-order valence-electron chi connectivity index (χ1n) is 4.29. The predicted molar refractivity (Wildman–Crippen MR) is 55.0 cm³/mol. The van der Waals surface area contributed by atoms with Crippen molar-refractivity contribution >= 4 is 11.6 Å². The Hall–Kier alpha value is -0.490. The van der Waals surface area contributed by atoms with Gasteiger partial charge in [0.05, 0.1) is 0 Å². The van der Waals surface area contributed by atoms with Crippen molar-refractivity contribution in [3.05, 3.63) is 33.8 Å². The maximum absolute atomic E-state index is 6.06. The normalized spacial score (nSPS) is 10.8. The van der Waals surface area contributed by atoms with E-state index < -0.39 is 0 Å². The van der Waals surface area contributed by atoms with Crippen molar-refractivity contribution in [2.75, 3.05) is 0 Å². The van der Waals surface area contributed by atoms with E-state index in [-0.39, 0.29) is 0 Å². The second-order valence-electron chi connectivity index (χ2n) is 3.62. The molecule has 1 rings (SSSR count). The lowest BCUT2D eigenvalue weighted by molar-refractivity contribution is 0.855. The monoisotopic (exact) mass is 182 g/mol. The second-order valence-corrected chi connectivity index (χ2v) is 4.02. The summed E-state index contributed by atoms with van der Waals surface area (Å²) >= 11 is 6.06. The van der Waals surface area contributed by atoms with Gasteiger partial charge < -0.3 is 0 Å². The Morgan fingerprint density at radius 1 is 1.17 bits per heavy atom. The lowest BCUT2D eigenvalue weighted by atomic mass is 9.96. The molecule has 1 heteroatoms. The maximum Gasteiger partial charge on any atom is 0.0440 e. The van der Waals surface area contributed by atoms with Crippen molar-refractivity contribution < 1.29 is 0 Å². The minimum Gasteiger partial charge on any atom is -0.0840 e. The molecule has 0 saturated heterocycles. The third-order valence-corrected chi connectivity index (χ3v) is 2.54. The Balaban J connectivity index is 3.28. The minimum atomic E-state index is 0.558. The van der Waals surface area contributed by atoms with E-state index in [9.17, 15) is 0 Å². The largest absolute Gasteiger partial charge is 0.0840 e. The summed E-state index contributed by atoms with van der Waals surface area (Å²) in [6.45, 7) is 8.55. The van der Waals surface area contributed by atoms with E-state index in [0.29, 0.717) is 5.92 Å². The molecule has 0 bridgehead atoms. The van der Waals surface area contributed by atoms with Crippen LogP contribution >= 0.6 is 11.6 Å². The van der Waals surface area contributed by atoms with Gasteiger partial charge in [0.15, 0.2) is 0 Å². The fourth-order valence-electron chi connectivity index (χ4n) is 1.44. The molecule has 0 fully saturated rings. The molecular weight excluding hydrogens is 168 g/mol. The highest BCUT2D eigenvalue weighted by Gasteiger charge is 2.06. The van der Waals surface area contributed by atoms with Gasteiger partial charge in [-0.15, -0.1) is 0 Å². The quantitative estimate of drug-likeness (QED) is 0.614. The van der Waals surface area contributed by atoms with Crippen LogP contribution in [0.3, 0.4) is 0 Å². The van der Waals surface area contributed by atoms with E-state index in [2.05, 4.69) is 33.8 Å². The Bertz CT molecular complexity index is 287. The highest BCUT2D eigenvalue weighted by molar-refractivity contribution is 6.31. The highest BCUT2D eigenvalue weighted by Crippen LogP contribution is 2.26. The number of hydrogen-bond acceptors (Lipinski definition) is 0. The Kier molecular flexibility index (Phi) is 2.79. The molecule has 0 spiro atoms. The topological polar surface area (TPSA) is 0 Å². The number of benzene rings is 1. The molecule has 0 atom stereocenters. The molecule has 0 nitrogen and oxygen atoms in total. The highest BCUT2D eigenvalue weighted by atomic mass is 35.5. The summed E-state index contributed by atoms with van der Waals surface area (Å²) in [5.41, 5.74) is 3.83. The standard InChI is InChI=1S/C11H15Cl/c1-7(2)10-5-8(3)6-11(12)9(10)4/h5-7H,1-4H3. The molecule has 0 aliphatic heterocycles. The van der Waals surface area contributed by atoms with Crippen molar-refractivity contribution in [1.82, 2.24) is 0 Å². The maximum atomic E-state index is 6.06. The van der Waals surface area contributed by atoms with Crippen LogP contribution in [-0.2, 0) is 0 Å². The molecule has 0 aliphatic carbocycles. The van der Waals surface area contributed by atoms with Crippen molar-refractivity contribution in [3.63, 3.8) is 0 Å². The van der Waals surface area contributed by atoms with Gasteiger partial charge in [-0.2, -0.15) is 0 Å². The molecule has 0 amide bonds. The van der Waals surface area contributed by atoms with Crippen LogP contribution in [0.1, 0.15) is 36.5 Å². The van der Waals surface area contributed by atoms with Gasteiger partial charge in [0.1, 0.15) is 0 Å². The zero-order chi connectivity index (χ0) is 9.30. The van der Waals surface area contributed by atoms with Crippen LogP contribution in [0.2, 0.25) is 5.02 Å². The lowest BCUT2D eigenvalue weighted by Gasteiger charge is -2.12.